The molecule has 0 bridgehead atoms. The first-order valence-corrected chi connectivity index (χ1v) is 20.6. The number of hydrazone groups is 2. The number of ether oxygens (including phenoxy) is 2. The molecule has 0 unspecified atom stereocenters. The van der Waals surface area contributed by atoms with Gasteiger partial charge in [0.2, 0.25) is 5.78 Å². The number of methoxy groups -OCH3 is 2. The van der Waals surface area contributed by atoms with Gasteiger partial charge in [-0.15, -0.1) is 10.2 Å². The standard InChI is InChI=1S/C36H29N7O13S3.3Na/c1-55-28-15-19(3-13-26(28)40-38-22-5-9-24(44)10-6-22)20-4-14-27(29(16-20)56-2)41-42-34-30(58(49,50)51)17-21-18-31(59(52,53)54)35(36(45)32(21)33(34)37)43-39-23-7-11-25(12-8-23)57(46,47)48;;;/h3-18,39-40H,37H2,1-2H3,(H,46,47,48)(H,49,50,51)(H,52,53,54);;;/q;3*+1/p-3. The molecule has 0 saturated carbocycles. The molecule has 0 fully saturated rings. The summed E-state index contributed by atoms with van der Waals surface area (Å²) < 4.78 is 119. The van der Waals surface area contributed by atoms with Crippen molar-refractivity contribution >= 4 is 87.9 Å². The van der Waals surface area contributed by atoms with Gasteiger partial charge in [-0.25, -0.2) is 25.3 Å². The molecule has 2 aliphatic rings. The van der Waals surface area contributed by atoms with Gasteiger partial charge in [0, 0.05) is 0 Å². The number of nitrogen functional groups attached to an aromatic ring is 1. The summed E-state index contributed by atoms with van der Waals surface area (Å²) in [7, 11) is -13.0. The Hall–Kier alpha value is -3.89. The van der Waals surface area contributed by atoms with Gasteiger partial charge in [-0.3, -0.25) is 20.4 Å². The summed E-state index contributed by atoms with van der Waals surface area (Å²) in [6, 6.07) is 14.3. The van der Waals surface area contributed by atoms with Crippen LogP contribution in [-0.2, 0) is 35.1 Å². The summed E-state index contributed by atoms with van der Waals surface area (Å²) in [5.74, 6) is -0.953. The Labute approximate surface area is 420 Å². The molecular formula is C36H26N7Na3O13S3. The third kappa shape index (κ3) is 12.0. The molecule has 0 saturated heterocycles. The molecule has 20 nitrogen and oxygen atoms in total. The first-order valence-electron chi connectivity index (χ1n) is 16.3. The number of nitrogens with zero attached hydrogens (tertiary/aromatic N) is 4. The number of nitrogens with two attached hydrogens (primary N) is 1. The number of hydrogen-bond acceptors (Lipinski definition) is 20. The number of anilines is 3. The summed E-state index contributed by atoms with van der Waals surface area (Å²) in [4.78, 5) is 22.2. The molecule has 0 radical (unpaired) electrons. The number of rotatable bonds is 12. The second-order valence-corrected chi connectivity index (χ2v) is 16.2. The zero-order valence-corrected chi connectivity index (χ0v) is 41.6. The van der Waals surface area contributed by atoms with E-state index in [1.165, 1.54) is 32.4 Å². The molecule has 4 aromatic carbocycles. The van der Waals surface area contributed by atoms with Crippen molar-refractivity contribution in [1.29, 1.82) is 0 Å². The number of hydrogen-bond donors (Lipinski definition) is 3. The number of Topliss-reactive ketones (excluding diaryl/α,β-unsaturated/α-hetero) is 1. The molecule has 4 N–H and O–H groups in total. The van der Waals surface area contributed by atoms with E-state index in [1.54, 1.807) is 42.5 Å². The van der Waals surface area contributed by atoms with Crippen molar-refractivity contribution in [2.24, 2.45) is 20.4 Å². The molecule has 0 aliphatic heterocycles. The maximum Gasteiger partial charge on any atom is 1.00 e. The molecule has 0 heterocycles. The molecule has 26 heteroatoms. The van der Waals surface area contributed by atoms with Crippen LogP contribution in [0.4, 0.5) is 28.4 Å². The topological polar surface area (TPSA) is 324 Å². The average molecular weight is 930 g/mol. The monoisotopic (exact) mass is 929 g/mol. The number of fused-ring (bicyclic) bond motifs is 1. The van der Waals surface area contributed by atoms with E-state index < -0.39 is 79.0 Å². The second-order valence-electron chi connectivity index (χ2n) is 12.1. The van der Waals surface area contributed by atoms with Gasteiger partial charge in [-0.2, -0.15) is 10.2 Å². The number of benzene rings is 4. The molecule has 304 valence electrons. The van der Waals surface area contributed by atoms with E-state index in [0.717, 1.165) is 24.3 Å². The number of carbonyl (C=O) groups excluding carboxylic acids is 2. The summed E-state index contributed by atoms with van der Waals surface area (Å²) in [5.41, 5.74) is 9.94. The van der Waals surface area contributed by atoms with E-state index in [0.29, 0.717) is 40.4 Å². The smallest absolute Gasteiger partial charge is 0.744 e. The first-order chi connectivity index (χ1) is 27.8. The van der Waals surface area contributed by atoms with Crippen LogP contribution in [0.5, 0.6) is 11.5 Å². The molecule has 0 aromatic heterocycles. The third-order valence-electron chi connectivity index (χ3n) is 8.39. The number of ketones is 2. The molecule has 2 aliphatic carbocycles. The average Bonchev–Trinajstić information content (AvgIpc) is 3.18. The van der Waals surface area contributed by atoms with Crippen LogP contribution in [0, 0.1) is 0 Å². The maximum absolute atomic E-state index is 13.8. The van der Waals surface area contributed by atoms with Crippen LogP contribution in [0.2, 0.25) is 0 Å². The summed E-state index contributed by atoms with van der Waals surface area (Å²) in [5, 5.41) is 15.9. The van der Waals surface area contributed by atoms with Gasteiger partial charge < -0.3 is 28.9 Å². The Kier molecular flexibility index (Phi) is 17.9. The van der Waals surface area contributed by atoms with Crippen molar-refractivity contribution in [2.45, 2.75) is 9.79 Å². The predicted molar refractivity (Wildman–Crippen MR) is 210 cm³/mol. The largest absolute Gasteiger partial charge is 1.00 e. The fourth-order valence-corrected chi connectivity index (χ4v) is 7.33. The Morgan fingerprint density at radius 3 is 1.82 bits per heavy atom. The van der Waals surface area contributed by atoms with Crippen molar-refractivity contribution < 1.29 is 147 Å². The minimum Gasteiger partial charge on any atom is -0.744 e. The Morgan fingerprint density at radius 2 is 1.26 bits per heavy atom. The van der Waals surface area contributed by atoms with Crippen LogP contribution in [0.1, 0.15) is 15.9 Å². The van der Waals surface area contributed by atoms with Gasteiger partial charge >= 0.3 is 88.7 Å². The number of nitrogens with one attached hydrogen (secondary N) is 2. The zero-order valence-electron chi connectivity index (χ0n) is 33.1. The number of allylic oxidation sites excluding steroid dienone is 5. The first kappa shape index (κ1) is 52.5. The normalized spacial score (nSPS) is 14.2. The van der Waals surface area contributed by atoms with Crippen LogP contribution < -0.4 is 115 Å². The van der Waals surface area contributed by atoms with Crippen molar-refractivity contribution in [3.8, 4) is 22.6 Å². The van der Waals surface area contributed by atoms with E-state index >= 15 is 0 Å². The SMILES string of the molecule is COc1cc(-c2ccc(NN=C3C=CC(=O)C=C3)c(OC)c2)ccc1N=Nc1c(S(=O)(=O)[O-])cc2c(c1N)C(=O)C(=NNc1ccc(S(=O)(=O)[O-])cc1)C(S(=O)(=O)[O-])=C2.[Na+].[Na+].[Na+]. The van der Waals surface area contributed by atoms with E-state index in [-0.39, 0.29) is 112 Å². The van der Waals surface area contributed by atoms with Gasteiger partial charge in [0.25, 0.3) is 0 Å². The fraction of sp³-hybridized carbons (Fsp3) is 0.0556. The zero-order chi connectivity index (χ0) is 42.9. The van der Waals surface area contributed by atoms with E-state index in [9.17, 15) is 48.5 Å². The van der Waals surface area contributed by atoms with Crippen LogP contribution in [-0.4, -0.2) is 76.1 Å². The van der Waals surface area contributed by atoms with Crippen molar-refractivity contribution in [3.05, 3.63) is 107 Å². The molecular weight excluding hydrogens is 904 g/mol. The van der Waals surface area contributed by atoms with Gasteiger partial charge in [0.15, 0.2) is 5.78 Å². The van der Waals surface area contributed by atoms with Crippen molar-refractivity contribution in [2.75, 3.05) is 30.8 Å². The second kappa shape index (κ2) is 21.2. The molecule has 6 rings (SSSR count). The van der Waals surface area contributed by atoms with Gasteiger partial charge in [-0.1, -0.05) is 12.1 Å². The fourth-order valence-electron chi connectivity index (χ4n) is 5.55. The molecule has 62 heavy (non-hydrogen) atoms. The minimum atomic E-state index is -5.50. The van der Waals surface area contributed by atoms with Gasteiger partial charge in [0.05, 0.1) is 57.3 Å². The van der Waals surface area contributed by atoms with E-state index in [4.69, 9.17) is 15.2 Å². The summed E-state index contributed by atoms with van der Waals surface area (Å²) >= 11 is 0. The van der Waals surface area contributed by atoms with Crippen molar-refractivity contribution in [1.82, 2.24) is 0 Å². The van der Waals surface area contributed by atoms with Crippen molar-refractivity contribution in [3.63, 3.8) is 0 Å². The maximum atomic E-state index is 13.8. The summed E-state index contributed by atoms with van der Waals surface area (Å²) in [6.07, 6.45) is 6.44. The van der Waals surface area contributed by atoms with Crippen LogP contribution >= 0.6 is 0 Å². The third-order valence-corrected chi connectivity index (χ3v) is 10.9. The molecule has 0 amide bonds. The minimum absolute atomic E-state index is 0. The summed E-state index contributed by atoms with van der Waals surface area (Å²) in [6.45, 7) is 0. The number of azo groups is 1. The number of carbonyl (C=O) groups is 2. The Morgan fingerprint density at radius 1 is 0.661 bits per heavy atom. The van der Waals surface area contributed by atoms with E-state index in [2.05, 4.69) is 31.3 Å². The molecule has 0 atom stereocenters. The van der Waals surface area contributed by atoms with Crippen LogP contribution in [0.3, 0.4) is 0 Å². The van der Waals surface area contributed by atoms with E-state index in [1.807, 2.05) is 0 Å². The van der Waals surface area contributed by atoms with Gasteiger partial charge in [0.1, 0.15) is 58.9 Å². The van der Waals surface area contributed by atoms with Crippen LogP contribution in [0.15, 0.2) is 126 Å². The predicted octanol–water partition coefficient (Wildman–Crippen LogP) is -4.80. The van der Waals surface area contributed by atoms with Crippen LogP contribution in [0.25, 0.3) is 17.2 Å². The Bertz CT molecular complexity index is 2980. The quantitative estimate of drug-likeness (QED) is 0.0300. The Balaban J connectivity index is 0.00000341. The molecule has 4 aromatic rings. The molecule has 0 spiro atoms. The van der Waals surface area contributed by atoms with Gasteiger partial charge in [-0.05, 0) is 102 Å².